The van der Waals surface area contributed by atoms with Crippen molar-refractivity contribution in [2.75, 3.05) is 13.2 Å². The van der Waals surface area contributed by atoms with Gasteiger partial charge in [-0.25, -0.2) is 0 Å². The summed E-state index contributed by atoms with van der Waals surface area (Å²) in [5.41, 5.74) is 0. The molecule has 11 heteroatoms. The van der Waals surface area contributed by atoms with Crippen molar-refractivity contribution in [2.45, 2.75) is 274 Å². The van der Waals surface area contributed by atoms with Gasteiger partial charge in [-0.15, -0.1) is 0 Å². The van der Waals surface area contributed by atoms with Gasteiger partial charge in [-0.05, 0) is 70.6 Å². The van der Waals surface area contributed by atoms with Gasteiger partial charge in [-0.3, -0.25) is 4.79 Å². The zero-order valence-electron chi connectivity index (χ0n) is 40.1. The Labute approximate surface area is 384 Å². The fraction of sp³-hybridized carbons (Fsp3) is 0.865. The first kappa shape index (κ1) is 59.3. The third-order valence-corrected chi connectivity index (χ3v) is 12.4. The lowest BCUT2D eigenvalue weighted by Gasteiger charge is -2.40. The van der Waals surface area contributed by atoms with E-state index < -0.39 is 74.2 Å². The third kappa shape index (κ3) is 31.0. The van der Waals surface area contributed by atoms with E-state index >= 15 is 0 Å². The molecule has 0 aromatic heterocycles. The number of amides is 1. The second kappa shape index (κ2) is 41.7. The molecule has 11 nitrogen and oxygen atoms in total. The van der Waals surface area contributed by atoms with Gasteiger partial charge >= 0.3 is 0 Å². The summed E-state index contributed by atoms with van der Waals surface area (Å²) in [7, 11) is 0. The van der Waals surface area contributed by atoms with Crippen molar-refractivity contribution in [2.24, 2.45) is 0 Å². The van der Waals surface area contributed by atoms with Gasteiger partial charge in [0.15, 0.2) is 6.29 Å². The highest BCUT2D eigenvalue weighted by atomic mass is 16.7. The average Bonchev–Trinajstić information content (AvgIpc) is 3.28. The molecule has 8 N–H and O–H groups in total. The molecule has 1 amide bonds. The minimum Gasteiger partial charge on any atom is -0.394 e. The summed E-state index contributed by atoms with van der Waals surface area (Å²) >= 11 is 0. The van der Waals surface area contributed by atoms with Crippen LogP contribution in [0.3, 0.4) is 0 Å². The van der Waals surface area contributed by atoms with Crippen molar-refractivity contribution in [1.29, 1.82) is 0 Å². The van der Waals surface area contributed by atoms with E-state index in [0.29, 0.717) is 12.8 Å². The Balaban J connectivity index is 2.30. The topological polar surface area (TPSA) is 189 Å². The van der Waals surface area contributed by atoms with Crippen molar-refractivity contribution in [1.82, 2.24) is 5.32 Å². The number of carbonyl (C=O) groups is 1. The number of hydrogen-bond acceptors (Lipinski definition) is 10. The lowest BCUT2D eigenvalue weighted by molar-refractivity contribution is -0.303. The summed E-state index contributed by atoms with van der Waals surface area (Å²) in [5, 5.41) is 75.6. The SMILES string of the molecule is CCCCCCC/C=C/CCCC(O)C(O)C(COC1OC(CO)C(O)C(O)C1O)NC(=O)C(O)CCCCCCCCCCCC/C=C\C/C=C\CCCCCCCCCCC. The number of unbranched alkanes of at least 4 members (excludes halogenated alkanes) is 25. The van der Waals surface area contributed by atoms with Gasteiger partial charge < -0.3 is 50.5 Å². The summed E-state index contributed by atoms with van der Waals surface area (Å²) in [6, 6.07) is -1.18. The third-order valence-electron chi connectivity index (χ3n) is 12.4. The Morgan fingerprint density at radius 1 is 0.556 bits per heavy atom. The highest BCUT2D eigenvalue weighted by Gasteiger charge is 2.44. The number of aliphatic hydroxyl groups is 7. The molecule has 9 atom stereocenters. The van der Waals surface area contributed by atoms with Gasteiger partial charge in [0.2, 0.25) is 5.91 Å². The number of nitrogens with one attached hydrogen (secondary N) is 1. The molecule has 1 fully saturated rings. The van der Waals surface area contributed by atoms with E-state index in [4.69, 9.17) is 9.47 Å². The minimum atomic E-state index is -1.67. The first-order valence-corrected chi connectivity index (χ1v) is 25.9. The van der Waals surface area contributed by atoms with Crippen LogP contribution in [0.25, 0.3) is 0 Å². The van der Waals surface area contributed by atoms with Crippen molar-refractivity contribution < 1.29 is 50.0 Å². The van der Waals surface area contributed by atoms with Gasteiger partial charge in [-0.2, -0.15) is 0 Å². The minimum absolute atomic E-state index is 0.250. The molecule has 0 aromatic carbocycles. The number of carbonyl (C=O) groups excluding carboxylic acids is 1. The second-order valence-corrected chi connectivity index (χ2v) is 18.2. The van der Waals surface area contributed by atoms with E-state index in [9.17, 15) is 40.5 Å². The van der Waals surface area contributed by atoms with Crippen molar-refractivity contribution in [3.8, 4) is 0 Å². The van der Waals surface area contributed by atoms with Crippen LogP contribution in [0.2, 0.25) is 0 Å². The van der Waals surface area contributed by atoms with Crippen LogP contribution in [0.15, 0.2) is 36.5 Å². The van der Waals surface area contributed by atoms with E-state index in [2.05, 4.69) is 55.6 Å². The number of rotatable bonds is 43. The van der Waals surface area contributed by atoms with Crippen molar-refractivity contribution in [3.63, 3.8) is 0 Å². The number of allylic oxidation sites excluding steroid dienone is 6. The van der Waals surface area contributed by atoms with E-state index in [1.165, 1.54) is 128 Å². The smallest absolute Gasteiger partial charge is 0.249 e. The first-order valence-electron chi connectivity index (χ1n) is 25.9. The quantitative estimate of drug-likeness (QED) is 0.0216. The van der Waals surface area contributed by atoms with Crippen LogP contribution in [0.5, 0.6) is 0 Å². The molecule has 1 aliphatic rings. The average molecular weight is 896 g/mol. The second-order valence-electron chi connectivity index (χ2n) is 18.2. The van der Waals surface area contributed by atoms with Crippen LogP contribution >= 0.6 is 0 Å². The molecule has 1 aliphatic heterocycles. The van der Waals surface area contributed by atoms with Gasteiger partial charge in [0, 0.05) is 0 Å². The normalized spacial score (nSPS) is 21.4. The first-order chi connectivity index (χ1) is 30.7. The molecule has 0 spiro atoms. The molecular formula is C52H97NO10. The standard InChI is InChI=1S/C52H97NO10/c1-3-5-7-9-11-13-15-16-17-18-19-20-21-22-23-24-25-26-27-28-29-30-32-34-36-38-40-45(56)51(61)53-43(42-62-52-50(60)49(59)48(58)46(41-54)63-52)47(57)44(55)39-37-35-33-31-14-12-10-8-6-4-2/h19-20,22-23,31,33,43-50,52,54-60H,3-18,21,24-30,32,34-42H2,1-2H3,(H,53,61)/b20-19-,23-22-,33-31+. The Bertz CT molecular complexity index is 1120. The maximum absolute atomic E-state index is 13.1. The highest BCUT2D eigenvalue weighted by molar-refractivity contribution is 5.80. The Kier molecular flexibility index (Phi) is 39.3. The van der Waals surface area contributed by atoms with Crippen LogP contribution < -0.4 is 5.32 Å². The predicted octanol–water partition coefficient (Wildman–Crippen LogP) is 9.56. The highest BCUT2D eigenvalue weighted by Crippen LogP contribution is 2.23. The van der Waals surface area contributed by atoms with E-state index in [0.717, 1.165) is 51.4 Å². The lowest BCUT2D eigenvalue weighted by Crippen LogP contribution is -2.60. The summed E-state index contributed by atoms with van der Waals surface area (Å²) in [6.45, 7) is 3.39. The van der Waals surface area contributed by atoms with E-state index in [1.54, 1.807) is 0 Å². The fourth-order valence-electron chi connectivity index (χ4n) is 8.12. The van der Waals surface area contributed by atoms with Crippen LogP contribution in [-0.2, 0) is 14.3 Å². The maximum Gasteiger partial charge on any atom is 0.249 e. The molecule has 0 aromatic rings. The molecule has 1 saturated heterocycles. The molecule has 0 aliphatic carbocycles. The fourth-order valence-corrected chi connectivity index (χ4v) is 8.12. The largest absolute Gasteiger partial charge is 0.394 e. The predicted molar refractivity (Wildman–Crippen MR) is 256 cm³/mol. The molecule has 63 heavy (non-hydrogen) atoms. The summed E-state index contributed by atoms with van der Waals surface area (Å²) in [5.74, 6) is -0.711. The van der Waals surface area contributed by atoms with Gasteiger partial charge in [0.25, 0.3) is 0 Å². The molecular weight excluding hydrogens is 799 g/mol. The summed E-state index contributed by atoms with van der Waals surface area (Å²) in [6.07, 6.45) is 37.9. The molecule has 0 radical (unpaired) electrons. The summed E-state index contributed by atoms with van der Waals surface area (Å²) < 4.78 is 11.1. The van der Waals surface area contributed by atoms with Crippen molar-refractivity contribution >= 4 is 5.91 Å². The number of hydrogen-bond donors (Lipinski definition) is 8. The Morgan fingerprint density at radius 2 is 0.984 bits per heavy atom. The number of ether oxygens (including phenoxy) is 2. The zero-order chi connectivity index (χ0) is 46.2. The van der Waals surface area contributed by atoms with Crippen molar-refractivity contribution in [3.05, 3.63) is 36.5 Å². The van der Waals surface area contributed by atoms with Crippen LogP contribution in [0.1, 0.15) is 219 Å². The Morgan fingerprint density at radius 3 is 1.46 bits per heavy atom. The monoisotopic (exact) mass is 896 g/mol. The van der Waals surface area contributed by atoms with Gasteiger partial charge in [0.05, 0.1) is 25.4 Å². The molecule has 1 heterocycles. The van der Waals surface area contributed by atoms with E-state index in [-0.39, 0.29) is 12.8 Å². The van der Waals surface area contributed by atoms with Crippen LogP contribution in [0, 0.1) is 0 Å². The molecule has 1 rings (SSSR count). The molecule has 370 valence electrons. The van der Waals surface area contributed by atoms with Gasteiger partial charge in [-0.1, -0.05) is 185 Å². The lowest BCUT2D eigenvalue weighted by atomic mass is 9.98. The molecule has 0 bridgehead atoms. The molecule has 0 saturated carbocycles. The van der Waals surface area contributed by atoms with E-state index in [1.807, 2.05) is 0 Å². The molecule has 9 unspecified atom stereocenters. The summed E-state index contributed by atoms with van der Waals surface area (Å²) in [4.78, 5) is 13.1. The van der Waals surface area contributed by atoms with Gasteiger partial charge in [0.1, 0.15) is 36.6 Å². The Hall–Kier alpha value is -1.67. The number of aliphatic hydroxyl groups excluding tert-OH is 7. The van der Waals surface area contributed by atoms with Crippen LogP contribution in [0.4, 0.5) is 0 Å². The zero-order valence-corrected chi connectivity index (χ0v) is 40.1. The maximum atomic E-state index is 13.1. The van der Waals surface area contributed by atoms with Crippen LogP contribution in [-0.4, -0.2) is 110 Å².